The van der Waals surface area contributed by atoms with E-state index < -0.39 is 0 Å². The van der Waals surface area contributed by atoms with Gasteiger partial charge in [0.25, 0.3) is 0 Å². The summed E-state index contributed by atoms with van der Waals surface area (Å²) in [5, 5.41) is 1.14. The Hall–Kier alpha value is -1.57. The molecule has 0 saturated carbocycles. The van der Waals surface area contributed by atoms with Crippen molar-refractivity contribution in [1.29, 1.82) is 0 Å². The second-order valence-corrected chi connectivity index (χ2v) is 5.19. The summed E-state index contributed by atoms with van der Waals surface area (Å²) in [6.07, 6.45) is 0. The van der Waals surface area contributed by atoms with Gasteiger partial charge in [-0.15, -0.1) is 0 Å². The number of nitrogens with zero attached hydrogens (tertiary/aromatic N) is 1. The lowest BCUT2D eigenvalue weighted by Gasteiger charge is -2.18. The van der Waals surface area contributed by atoms with Gasteiger partial charge in [-0.25, -0.2) is 4.98 Å². The summed E-state index contributed by atoms with van der Waals surface area (Å²) >= 11 is 0. The van der Waals surface area contributed by atoms with Gasteiger partial charge in [0.1, 0.15) is 0 Å². The van der Waals surface area contributed by atoms with Crippen LogP contribution >= 0.6 is 0 Å². The SMILES string of the molecule is CC(C)(C)COc1ccc2ccccc2n1. The van der Waals surface area contributed by atoms with Crippen LogP contribution in [0, 0.1) is 5.41 Å². The summed E-state index contributed by atoms with van der Waals surface area (Å²) in [6, 6.07) is 12.0. The highest BCUT2D eigenvalue weighted by atomic mass is 16.5. The van der Waals surface area contributed by atoms with Crippen LogP contribution in [0.3, 0.4) is 0 Å². The molecule has 2 heteroatoms. The van der Waals surface area contributed by atoms with Gasteiger partial charge in [-0.1, -0.05) is 39.0 Å². The molecule has 2 nitrogen and oxygen atoms in total. The van der Waals surface area contributed by atoms with Crippen LogP contribution < -0.4 is 4.74 Å². The number of pyridine rings is 1. The lowest BCUT2D eigenvalue weighted by molar-refractivity contribution is 0.192. The first kappa shape index (κ1) is 10.9. The number of ether oxygens (including phenoxy) is 1. The van der Waals surface area contributed by atoms with Crippen LogP contribution in [-0.4, -0.2) is 11.6 Å². The Morgan fingerprint density at radius 2 is 1.81 bits per heavy atom. The van der Waals surface area contributed by atoms with Gasteiger partial charge in [0, 0.05) is 11.5 Å². The molecule has 0 aliphatic heterocycles. The van der Waals surface area contributed by atoms with Gasteiger partial charge in [0.2, 0.25) is 5.88 Å². The van der Waals surface area contributed by atoms with Crippen LogP contribution in [0.4, 0.5) is 0 Å². The van der Waals surface area contributed by atoms with E-state index in [1.54, 1.807) is 0 Å². The minimum Gasteiger partial charge on any atom is -0.477 e. The molecule has 0 radical (unpaired) electrons. The highest BCUT2D eigenvalue weighted by molar-refractivity contribution is 5.78. The smallest absolute Gasteiger partial charge is 0.213 e. The lowest BCUT2D eigenvalue weighted by atomic mass is 9.99. The van der Waals surface area contributed by atoms with Crippen molar-refractivity contribution in [2.45, 2.75) is 20.8 Å². The summed E-state index contributed by atoms with van der Waals surface area (Å²) in [7, 11) is 0. The highest BCUT2D eigenvalue weighted by Gasteiger charge is 2.11. The number of aromatic nitrogens is 1. The molecule has 0 saturated heterocycles. The molecule has 0 unspecified atom stereocenters. The van der Waals surface area contributed by atoms with E-state index in [1.807, 2.05) is 30.3 Å². The minimum absolute atomic E-state index is 0.160. The van der Waals surface area contributed by atoms with Crippen LogP contribution in [0.5, 0.6) is 5.88 Å². The van der Waals surface area contributed by atoms with Crippen LogP contribution in [0.15, 0.2) is 36.4 Å². The van der Waals surface area contributed by atoms with E-state index in [-0.39, 0.29) is 5.41 Å². The van der Waals surface area contributed by atoms with E-state index in [0.717, 1.165) is 10.9 Å². The van der Waals surface area contributed by atoms with Crippen molar-refractivity contribution in [3.63, 3.8) is 0 Å². The number of rotatable bonds is 2. The summed E-state index contributed by atoms with van der Waals surface area (Å²) in [5.41, 5.74) is 1.14. The van der Waals surface area contributed by atoms with Crippen molar-refractivity contribution in [3.05, 3.63) is 36.4 Å². The van der Waals surface area contributed by atoms with E-state index >= 15 is 0 Å². The zero-order chi connectivity index (χ0) is 11.6. The number of para-hydroxylation sites is 1. The van der Waals surface area contributed by atoms with Crippen molar-refractivity contribution < 1.29 is 4.74 Å². The zero-order valence-corrected chi connectivity index (χ0v) is 10.0. The number of fused-ring (bicyclic) bond motifs is 1. The Labute approximate surface area is 96.3 Å². The predicted octanol–water partition coefficient (Wildman–Crippen LogP) is 3.66. The monoisotopic (exact) mass is 215 g/mol. The van der Waals surface area contributed by atoms with Crippen molar-refractivity contribution in [3.8, 4) is 5.88 Å². The fourth-order valence-corrected chi connectivity index (χ4v) is 1.42. The first-order valence-electron chi connectivity index (χ1n) is 5.53. The lowest BCUT2D eigenvalue weighted by Crippen LogP contribution is -2.17. The number of benzene rings is 1. The van der Waals surface area contributed by atoms with E-state index in [0.29, 0.717) is 12.5 Å². The maximum atomic E-state index is 5.67. The molecule has 0 fully saturated rings. The third-order valence-electron chi connectivity index (χ3n) is 2.23. The Balaban J connectivity index is 2.20. The van der Waals surface area contributed by atoms with E-state index in [1.165, 1.54) is 0 Å². The van der Waals surface area contributed by atoms with E-state index in [2.05, 4.69) is 31.8 Å². The standard InChI is InChI=1S/C14H17NO/c1-14(2,3)10-16-13-9-8-11-6-4-5-7-12(11)15-13/h4-9H,10H2,1-3H3. The molecule has 2 rings (SSSR count). The van der Waals surface area contributed by atoms with Crippen LogP contribution in [0.1, 0.15) is 20.8 Å². The second kappa shape index (κ2) is 4.12. The molecule has 0 aliphatic carbocycles. The van der Waals surface area contributed by atoms with E-state index in [4.69, 9.17) is 4.74 Å². The second-order valence-electron chi connectivity index (χ2n) is 5.19. The predicted molar refractivity (Wildman–Crippen MR) is 66.7 cm³/mol. The summed E-state index contributed by atoms with van der Waals surface area (Å²) < 4.78 is 5.67. The summed E-state index contributed by atoms with van der Waals surface area (Å²) in [6.45, 7) is 7.12. The molecule has 0 spiro atoms. The number of hydrogen-bond acceptors (Lipinski definition) is 2. The van der Waals surface area contributed by atoms with Crippen LogP contribution in [0.25, 0.3) is 10.9 Å². The first-order chi connectivity index (χ1) is 7.54. The first-order valence-corrected chi connectivity index (χ1v) is 5.53. The zero-order valence-electron chi connectivity index (χ0n) is 10.0. The normalized spacial score (nSPS) is 11.7. The molecule has 0 atom stereocenters. The minimum atomic E-state index is 0.160. The van der Waals surface area contributed by atoms with Gasteiger partial charge in [-0.2, -0.15) is 0 Å². The van der Waals surface area contributed by atoms with Gasteiger partial charge in [0.05, 0.1) is 12.1 Å². The molecule has 0 amide bonds. The Morgan fingerprint density at radius 3 is 2.56 bits per heavy atom. The molecule has 1 aromatic heterocycles. The Morgan fingerprint density at radius 1 is 1.06 bits per heavy atom. The topological polar surface area (TPSA) is 22.1 Å². The molecule has 1 heterocycles. The van der Waals surface area contributed by atoms with Crippen molar-refractivity contribution in [1.82, 2.24) is 4.98 Å². The number of hydrogen-bond donors (Lipinski definition) is 0. The van der Waals surface area contributed by atoms with Gasteiger partial charge in [-0.05, 0) is 17.5 Å². The van der Waals surface area contributed by atoms with Crippen LogP contribution in [-0.2, 0) is 0 Å². The van der Waals surface area contributed by atoms with E-state index in [9.17, 15) is 0 Å². The summed E-state index contributed by atoms with van der Waals surface area (Å²) in [4.78, 5) is 4.46. The molecular weight excluding hydrogens is 198 g/mol. The van der Waals surface area contributed by atoms with Gasteiger partial charge >= 0.3 is 0 Å². The molecule has 0 aliphatic rings. The molecule has 16 heavy (non-hydrogen) atoms. The average molecular weight is 215 g/mol. The Kier molecular flexibility index (Phi) is 2.82. The molecular formula is C14H17NO. The third kappa shape index (κ3) is 2.72. The molecule has 0 bridgehead atoms. The maximum absolute atomic E-state index is 5.67. The fourth-order valence-electron chi connectivity index (χ4n) is 1.42. The molecule has 1 aromatic carbocycles. The largest absolute Gasteiger partial charge is 0.477 e. The summed E-state index contributed by atoms with van der Waals surface area (Å²) in [5.74, 6) is 0.702. The van der Waals surface area contributed by atoms with Crippen LogP contribution in [0.2, 0.25) is 0 Å². The molecule has 84 valence electrons. The maximum Gasteiger partial charge on any atom is 0.213 e. The Bertz CT molecular complexity index is 485. The van der Waals surface area contributed by atoms with Gasteiger partial charge in [-0.3, -0.25) is 0 Å². The molecule has 2 aromatic rings. The quantitative estimate of drug-likeness (QED) is 0.762. The third-order valence-corrected chi connectivity index (χ3v) is 2.23. The van der Waals surface area contributed by atoms with Gasteiger partial charge in [0.15, 0.2) is 0 Å². The van der Waals surface area contributed by atoms with Crippen molar-refractivity contribution >= 4 is 10.9 Å². The van der Waals surface area contributed by atoms with Crippen molar-refractivity contribution in [2.75, 3.05) is 6.61 Å². The highest BCUT2D eigenvalue weighted by Crippen LogP contribution is 2.19. The molecule has 0 N–H and O–H groups in total. The van der Waals surface area contributed by atoms with Crippen molar-refractivity contribution in [2.24, 2.45) is 5.41 Å². The fraction of sp³-hybridized carbons (Fsp3) is 0.357. The van der Waals surface area contributed by atoms with Gasteiger partial charge < -0.3 is 4.74 Å². The average Bonchev–Trinajstić information content (AvgIpc) is 2.25.